The maximum absolute atomic E-state index is 12.9. The van der Waals surface area contributed by atoms with Crippen LogP contribution in [0.1, 0.15) is 16.1 Å². The van der Waals surface area contributed by atoms with E-state index in [-0.39, 0.29) is 11.3 Å². The van der Waals surface area contributed by atoms with E-state index in [1.807, 2.05) is 55.5 Å². The SMILES string of the molecule is Cc1ccc(-c2c(C=O)nn3c2c(=O)n(C)c2ccccc23)cc1. The number of aromatic nitrogens is 3. The summed E-state index contributed by atoms with van der Waals surface area (Å²) in [4.78, 5) is 24.5. The molecular formula is C19H15N3O2. The van der Waals surface area contributed by atoms with Gasteiger partial charge in [0.1, 0.15) is 11.2 Å². The molecule has 0 unspecified atom stereocenters. The monoisotopic (exact) mass is 317 g/mol. The molecular weight excluding hydrogens is 302 g/mol. The lowest BCUT2D eigenvalue weighted by atomic mass is 10.0. The fraction of sp³-hybridized carbons (Fsp3) is 0.105. The lowest BCUT2D eigenvalue weighted by Crippen LogP contribution is -2.20. The highest BCUT2D eigenvalue weighted by Crippen LogP contribution is 2.28. The molecule has 0 spiro atoms. The van der Waals surface area contributed by atoms with Gasteiger partial charge >= 0.3 is 0 Å². The molecule has 0 saturated carbocycles. The largest absolute Gasteiger partial charge is 0.308 e. The minimum Gasteiger partial charge on any atom is -0.308 e. The quantitative estimate of drug-likeness (QED) is 0.534. The van der Waals surface area contributed by atoms with E-state index in [4.69, 9.17) is 0 Å². The van der Waals surface area contributed by atoms with Gasteiger partial charge in [0.05, 0.1) is 11.0 Å². The van der Waals surface area contributed by atoms with Crippen LogP contribution < -0.4 is 5.56 Å². The molecule has 0 amide bonds. The smallest absolute Gasteiger partial charge is 0.277 e. The molecule has 5 heteroatoms. The summed E-state index contributed by atoms with van der Waals surface area (Å²) >= 11 is 0. The average Bonchev–Trinajstić information content (AvgIpc) is 3.00. The van der Waals surface area contributed by atoms with Crippen LogP contribution in [0.4, 0.5) is 0 Å². The minimum atomic E-state index is -0.176. The van der Waals surface area contributed by atoms with Crippen molar-refractivity contribution in [1.29, 1.82) is 0 Å². The molecule has 0 saturated heterocycles. The van der Waals surface area contributed by atoms with Crippen molar-refractivity contribution in [3.63, 3.8) is 0 Å². The second kappa shape index (κ2) is 5.16. The zero-order chi connectivity index (χ0) is 16.8. The molecule has 24 heavy (non-hydrogen) atoms. The van der Waals surface area contributed by atoms with E-state index in [9.17, 15) is 9.59 Å². The maximum atomic E-state index is 12.9. The molecule has 0 aliphatic rings. The minimum absolute atomic E-state index is 0.176. The summed E-state index contributed by atoms with van der Waals surface area (Å²) in [6.45, 7) is 1.99. The Morgan fingerprint density at radius 1 is 1.00 bits per heavy atom. The number of carbonyl (C=O) groups is 1. The van der Waals surface area contributed by atoms with Crippen LogP contribution in [0.25, 0.3) is 27.7 Å². The first-order chi connectivity index (χ1) is 11.6. The number of hydrogen-bond acceptors (Lipinski definition) is 3. The fourth-order valence-corrected chi connectivity index (χ4v) is 3.09. The van der Waals surface area contributed by atoms with E-state index < -0.39 is 0 Å². The van der Waals surface area contributed by atoms with Gasteiger partial charge in [-0.3, -0.25) is 9.59 Å². The second-order valence-electron chi connectivity index (χ2n) is 5.86. The summed E-state index contributed by atoms with van der Waals surface area (Å²) in [5.41, 5.74) is 4.57. The van der Waals surface area contributed by atoms with E-state index in [0.717, 1.165) is 22.2 Å². The number of para-hydroxylation sites is 2. The highest BCUT2D eigenvalue weighted by atomic mass is 16.1. The molecule has 2 aromatic heterocycles. The Kier molecular flexibility index (Phi) is 3.09. The third-order valence-electron chi connectivity index (χ3n) is 4.34. The number of fused-ring (bicyclic) bond motifs is 3. The van der Waals surface area contributed by atoms with E-state index in [2.05, 4.69) is 5.10 Å². The number of carbonyl (C=O) groups excluding carboxylic acids is 1. The van der Waals surface area contributed by atoms with Crippen molar-refractivity contribution in [1.82, 2.24) is 14.2 Å². The average molecular weight is 317 g/mol. The Morgan fingerprint density at radius 3 is 2.33 bits per heavy atom. The standard InChI is InChI=1S/C19H15N3O2/c1-12-7-9-13(10-8-12)17-14(11-23)20-22-16-6-4-3-5-15(16)21(2)19(24)18(17)22/h3-11H,1-2H3. The lowest BCUT2D eigenvalue weighted by molar-refractivity contribution is 0.111. The van der Waals surface area contributed by atoms with Crippen LogP contribution in [0.15, 0.2) is 53.3 Å². The molecule has 4 aromatic rings. The summed E-state index contributed by atoms with van der Waals surface area (Å²) in [5, 5.41) is 4.40. The van der Waals surface area contributed by atoms with Gasteiger partial charge < -0.3 is 4.57 Å². The Bertz CT molecular complexity index is 1150. The summed E-state index contributed by atoms with van der Waals surface area (Å²) in [6, 6.07) is 15.3. The van der Waals surface area contributed by atoms with Crippen LogP contribution in [0.2, 0.25) is 0 Å². The van der Waals surface area contributed by atoms with Crippen LogP contribution in [0.5, 0.6) is 0 Å². The molecule has 0 radical (unpaired) electrons. The van der Waals surface area contributed by atoms with Crippen molar-refractivity contribution in [2.75, 3.05) is 0 Å². The van der Waals surface area contributed by atoms with Gasteiger partial charge in [0.2, 0.25) is 0 Å². The van der Waals surface area contributed by atoms with Crippen molar-refractivity contribution in [3.05, 3.63) is 70.1 Å². The zero-order valence-electron chi connectivity index (χ0n) is 13.4. The normalized spacial score (nSPS) is 11.2. The summed E-state index contributed by atoms with van der Waals surface area (Å²) in [7, 11) is 1.73. The third kappa shape index (κ3) is 1.91. The Hall–Kier alpha value is -3.21. The third-order valence-corrected chi connectivity index (χ3v) is 4.34. The van der Waals surface area contributed by atoms with Crippen molar-refractivity contribution in [2.45, 2.75) is 6.92 Å². The van der Waals surface area contributed by atoms with Crippen LogP contribution >= 0.6 is 0 Å². The van der Waals surface area contributed by atoms with Crippen LogP contribution in [0.3, 0.4) is 0 Å². The lowest BCUT2D eigenvalue weighted by Gasteiger charge is -2.08. The van der Waals surface area contributed by atoms with E-state index in [1.54, 1.807) is 16.1 Å². The van der Waals surface area contributed by atoms with Crippen molar-refractivity contribution < 1.29 is 4.79 Å². The molecule has 118 valence electrons. The number of benzene rings is 2. The highest BCUT2D eigenvalue weighted by molar-refractivity contribution is 5.95. The van der Waals surface area contributed by atoms with E-state index in [1.165, 1.54) is 0 Å². The van der Waals surface area contributed by atoms with Gasteiger partial charge in [-0.25, -0.2) is 4.52 Å². The van der Waals surface area contributed by atoms with Crippen molar-refractivity contribution in [2.24, 2.45) is 7.05 Å². The molecule has 0 N–H and O–H groups in total. The van der Waals surface area contributed by atoms with Crippen LogP contribution in [0, 0.1) is 6.92 Å². The molecule has 4 rings (SSSR count). The topological polar surface area (TPSA) is 56.4 Å². The zero-order valence-corrected chi connectivity index (χ0v) is 13.4. The molecule has 2 heterocycles. The van der Waals surface area contributed by atoms with Crippen molar-refractivity contribution >= 4 is 22.8 Å². The predicted octanol–water partition coefficient (Wildman–Crippen LogP) is 2.97. The molecule has 2 aromatic carbocycles. The van der Waals surface area contributed by atoms with Gasteiger partial charge in [-0.15, -0.1) is 0 Å². The van der Waals surface area contributed by atoms with E-state index in [0.29, 0.717) is 17.4 Å². The molecule has 0 atom stereocenters. The van der Waals surface area contributed by atoms with Gasteiger partial charge in [0.25, 0.3) is 5.56 Å². The van der Waals surface area contributed by atoms with E-state index >= 15 is 0 Å². The summed E-state index contributed by atoms with van der Waals surface area (Å²) in [5.74, 6) is 0. The van der Waals surface area contributed by atoms with Crippen LogP contribution in [-0.4, -0.2) is 20.5 Å². The van der Waals surface area contributed by atoms with Gasteiger partial charge in [-0.1, -0.05) is 42.0 Å². The first-order valence-corrected chi connectivity index (χ1v) is 7.64. The van der Waals surface area contributed by atoms with Gasteiger partial charge in [0.15, 0.2) is 6.29 Å². The van der Waals surface area contributed by atoms with Gasteiger partial charge in [-0.2, -0.15) is 5.10 Å². The first kappa shape index (κ1) is 14.4. The molecule has 0 aliphatic heterocycles. The van der Waals surface area contributed by atoms with Gasteiger partial charge in [-0.05, 0) is 24.6 Å². The fourth-order valence-electron chi connectivity index (χ4n) is 3.09. The van der Waals surface area contributed by atoms with Crippen molar-refractivity contribution in [3.8, 4) is 11.1 Å². The predicted molar refractivity (Wildman–Crippen MR) is 93.5 cm³/mol. The Balaban J connectivity index is 2.23. The molecule has 0 aliphatic carbocycles. The Morgan fingerprint density at radius 2 is 1.67 bits per heavy atom. The van der Waals surface area contributed by atoms with Gasteiger partial charge in [0, 0.05) is 12.6 Å². The molecule has 0 bridgehead atoms. The summed E-state index contributed by atoms with van der Waals surface area (Å²) < 4.78 is 3.18. The Labute approximate surface area is 137 Å². The number of rotatable bonds is 2. The second-order valence-corrected chi connectivity index (χ2v) is 5.86. The maximum Gasteiger partial charge on any atom is 0.277 e. The first-order valence-electron chi connectivity index (χ1n) is 7.64. The number of aryl methyl sites for hydroxylation is 2. The number of aldehydes is 1. The van der Waals surface area contributed by atoms with Crippen LogP contribution in [-0.2, 0) is 7.05 Å². The molecule has 5 nitrogen and oxygen atoms in total. The summed E-state index contributed by atoms with van der Waals surface area (Å²) in [6.07, 6.45) is 0.705. The molecule has 0 fully saturated rings. The number of hydrogen-bond donors (Lipinski definition) is 0. The highest BCUT2D eigenvalue weighted by Gasteiger charge is 2.20. The number of nitrogens with zero attached hydrogens (tertiary/aromatic N) is 3.